The van der Waals surface area contributed by atoms with Crippen LogP contribution in [0.25, 0.3) is 56.2 Å². The second kappa shape index (κ2) is 6.56. The number of imidazole rings is 2. The monoisotopic (exact) mass is 407 g/mol. The Kier molecular flexibility index (Phi) is 3.69. The summed E-state index contributed by atoms with van der Waals surface area (Å²) in [6.45, 7) is 1.97. The smallest absolute Gasteiger partial charge is 0.181 e. The molecule has 0 aliphatic rings. The molecule has 6 rings (SSSR count). The zero-order valence-electron chi connectivity index (χ0n) is 16.8. The molecule has 6 aromatic heterocycles. The first kappa shape index (κ1) is 17.5. The molecule has 0 atom stereocenters. The van der Waals surface area contributed by atoms with E-state index in [9.17, 15) is 0 Å². The highest BCUT2D eigenvalue weighted by Gasteiger charge is 2.17. The summed E-state index contributed by atoms with van der Waals surface area (Å²) in [4.78, 5) is 25.9. The highest BCUT2D eigenvalue weighted by Crippen LogP contribution is 2.31. The third kappa shape index (κ3) is 2.71. The summed E-state index contributed by atoms with van der Waals surface area (Å²) >= 11 is 0. The van der Waals surface area contributed by atoms with Crippen LogP contribution in [0.5, 0.6) is 0 Å². The molecule has 6 aromatic rings. The summed E-state index contributed by atoms with van der Waals surface area (Å²) in [6, 6.07) is 9.81. The second-order valence-electron chi connectivity index (χ2n) is 7.30. The zero-order valence-corrected chi connectivity index (χ0v) is 16.8. The van der Waals surface area contributed by atoms with E-state index in [1.807, 2.05) is 55.2 Å². The van der Waals surface area contributed by atoms with Gasteiger partial charge in [-0.1, -0.05) is 6.07 Å². The van der Waals surface area contributed by atoms with Gasteiger partial charge >= 0.3 is 0 Å². The Balaban J connectivity index is 1.52. The lowest BCUT2D eigenvalue weighted by Crippen LogP contribution is -1.94. The molecule has 0 fully saturated rings. The van der Waals surface area contributed by atoms with Crippen molar-refractivity contribution in [2.24, 2.45) is 7.05 Å². The molecule has 6 heterocycles. The summed E-state index contributed by atoms with van der Waals surface area (Å²) in [7, 11) is 1.99. The molecule has 9 nitrogen and oxygen atoms in total. The zero-order chi connectivity index (χ0) is 20.9. The van der Waals surface area contributed by atoms with Gasteiger partial charge in [-0.3, -0.25) is 10.1 Å². The van der Waals surface area contributed by atoms with Crippen molar-refractivity contribution in [3.8, 4) is 34.0 Å². The molecule has 31 heavy (non-hydrogen) atoms. The fourth-order valence-electron chi connectivity index (χ4n) is 3.76. The van der Waals surface area contributed by atoms with Crippen LogP contribution in [0.1, 0.15) is 5.82 Å². The standard InChI is InChI=1S/C22H17N9/c1-12-25-11-17(31(12)2)13-9-15-19(29-30-20(15)26-10-13)22-27-18-14(6-8-24-21(18)28-22)16-5-3-4-7-23-16/h3-11H,1-2H3,(H,24,27,28)(H,26,29,30). The normalized spacial score (nSPS) is 11.5. The summed E-state index contributed by atoms with van der Waals surface area (Å²) in [5.74, 6) is 1.58. The van der Waals surface area contributed by atoms with Crippen LogP contribution >= 0.6 is 0 Å². The molecule has 0 aliphatic carbocycles. The molecule has 0 radical (unpaired) electrons. The molecule has 0 saturated heterocycles. The van der Waals surface area contributed by atoms with Crippen molar-refractivity contribution in [1.82, 2.24) is 44.7 Å². The van der Waals surface area contributed by atoms with Crippen molar-refractivity contribution in [3.05, 3.63) is 60.9 Å². The highest BCUT2D eigenvalue weighted by molar-refractivity contribution is 5.95. The number of aryl methyl sites for hydroxylation is 1. The average Bonchev–Trinajstić information content (AvgIpc) is 3.50. The van der Waals surface area contributed by atoms with Gasteiger partial charge in [0, 0.05) is 36.8 Å². The third-order valence-electron chi connectivity index (χ3n) is 5.50. The van der Waals surface area contributed by atoms with E-state index in [1.165, 1.54) is 0 Å². The van der Waals surface area contributed by atoms with Gasteiger partial charge in [0.05, 0.1) is 28.5 Å². The third-order valence-corrected chi connectivity index (χ3v) is 5.50. The molecule has 0 aliphatic heterocycles. The quantitative estimate of drug-likeness (QED) is 0.463. The van der Waals surface area contributed by atoms with Crippen LogP contribution in [0.4, 0.5) is 0 Å². The molecular weight excluding hydrogens is 390 g/mol. The van der Waals surface area contributed by atoms with Crippen molar-refractivity contribution in [2.45, 2.75) is 6.92 Å². The first-order valence-corrected chi connectivity index (χ1v) is 9.78. The highest BCUT2D eigenvalue weighted by atomic mass is 15.2. The van der Waals surface area contributed by atoms with Crippen molar-refractivity contribution >= 4 is 22.2 Å². The molecule has 0 amide bonds. The second-order valence-corrected chi connectivity index (χ2v) is 7.30. The van der Waals surface area contributed by atoms with Crippen LogP contribution in [-0.4, -0.2) is 44.7 Å². The van der Waals surface area contributed by atoms with E-state index in [2.05, 4.69) is 41.2 Å². The molecule has 0 aromatic carbocycles. The molecule has 0 spiro atoms. The molecule has 150 valence electrons. The summed E-state index contributed by atoms with van der Waals surface area (Å²) < 4.78 is 2.03. The first-order valence-electron chi connectivity index (χ1n) is 9.78. The number of nitrogens with one attached hydrogen (secondary N) is 2. The molecule has 2 N–H and O–H groups in total. The topological polar surface area (TPSA) is 114 Å². The van der Waals surface area contributed by atoms with E-state index >= 15 is 0 Å². The number of pyridine rings is 3. The fourth-order valence-corrected chi connectivity index (χ4v) is 3.76. The van der Waals surface area contributed by atoms with Crippen molar-refractivity contribution < 1.29 is 0 Å². The number of hydrogen-bond donors (Lipinski definition) is 2. The van der Waals surface area contributed by atoms with Gasteiger partial charge in [-0.05, 0) is 31.2 Å². The van der Waals surface area contributed by atoms with Crippen molar-refractivity contribution in [3.63, 3.8) is 0 Å². The van der Waals surface area contributed by atoms with E-state index in [-0.39, 0.29) is 0 Å². The van der Waals surface area contributed by atoms with Gasteiger partial charge in [-0.25, -0.2) is 19.9 Å². The minimum atomic E-state index is 0.618. The maximum atomic E-state index is 4.70. The molecule has 9 heteroatoms. The Morgan fingerprint density at radius 3 is 2.68 bits per heavy atom. The van der Waals surface area contributed by atoms with Crippen molar-refractivity contribution in [2.75, 3.05) is 0 Å². The lowest BCUT2D eigenvalue weighted by molar-refractivity contribution is 0.865. The van der Waals surface area contributed by atoms with Crippen LogP contribution in [0, 0.1) is 6.92 Å². The van der Waals surface area contributed by atoms with Crippen LogP contribution in [0.2, 0.25) is 0 Å². The molecule has 0 unspecified atom stereocenters. The Bertz CT molecular complexity index is 1560. The van der Waals surface area contributed by atoms with Gasteiger partial charge in [0.1, 0.15) is 11.5 Å². The Morgan fingerprint density at radius 2 is 1.87 bits per heavy atom. The van der Waals surface area contributed by atoms with Gasteiger partial charge in [-0.2, -0.15) is 5.10 Å². The minimum Gasteiger partial charge on any atom is -0.335 e. The maximum Gasteiger partial charge on any atom is 0.181 e. The number of aromatic nitrogens is 9. The lowest BCUT2D eigenvalue weighted by Gasteiger charge is -2.03. The predicted octanol–water partition coefficient (Wildman–Crippen LogP) is 3.67. The van der Waals surface area contributed by atoms with Crippen LogP contribution in [0.3, 0.4) is 0 Å². The SMILES string of the molecule is Cc1ncc(-c2cnc3n[nH]c(-c4nc5nccc(-c6ccccn6)c5[nH]4)c3c2)n1C. The van der Waals surface area contributed by atoms with Crippen LogP contribution < -0.4 is 0 Å². The molecule has 0 saturated carbocycles. The van der Waals surface area contributed by atoms with E-state index in [1.54, 1.807) is 12.4 Å². The van der Waals surface area contributed by atoms with Gasteiger partial charge < -0.3 is 9.55 Å². The first-order chi connectivity index (χ1) is 15.2. The van der Waals surface area contributed by atoms with Crippen molar-refractivity contribution in [1.29, 1.82) is 0 Å². The summed E-state index contributed by atoms with van der Waals surface area (Å²) in [5.41, 5.74) is 6.57. The predicted molar refractivity (Wildman–Crippen MR) is 117 cm³/mol. The molecular formula is C22H17N9. The number of rotatable bonds is 3. The van der Waals surface area contributed by atoms with E-state index in [0.29, 0.717) is 17.1 Å². The Hall–Kier alpha value is -4.40. The Labute approximate surface area is 176 Å². The minimum absolute atomic E-state index is 0.618. The summed E-state index contributed by atoms with van der Waals surface area (Å²) in [6.07, 6.45) is 7.17. The van der Waals surface area contributed by atoms with Gasteiger partial charge in [0.2, 0.25) is 0 Å². The lowest BCUT2D eigenvalue weighted by atomic mass is 10.1. The van der Waals surface area contributed by atoms with Gasteiger partial charge in [-0.15, -0.1) is 0 Å². The number of fused-ring (bicyclic) bond motifs is 2. The Morgan fingerprint density at radius 1 is 0.935 bits per heavy atom. The molecule has 0 bridgehead atoms. The largest absolute Gasteiger partial charge is 0.335 e. The van der Waals surface area contributed by atoms with Crippen LogP contribution in [0.15, 0.2) is 55.1 Å². The van der Waals surface area contributed by atoms with Gasteiger partial charge in [0.25, 0.3) is 0 Å². The number of aromatic amines is 2. The van der Waals surface area contributed by atoms with Gasteiger partial charge in [0.15, 0.2) is 17.1 Å². The van der Waals surface area contributed by atoms with E-state index in [4.69, 9.17) is 4.98 Å². The van der Waals surface area contributed by atoms with E-state index in [0.717, 1.165) is 44.9 Å². The maximum absolute atomic E-state index is 4.70. The average molecular weight is 407 g/mol. The number of nitrogens with zero attached hydrogens (tertiary/aromatic N) is 7. The fraction of sp³-hybridized carbons (Fsp3) is 0.0909. The summed E-state index contributed by atoms with van der Waals surface area (Å²) in [5, 5.41) is 8.30. The van der Waals surface area contributed by atoms with E-state index < -0.39 is 0 Å². The number of hydrogen-bond acceptors (Lipinski definition) is 6. The van der Waals surface area contributed by atoms with Crippen LogP contribution in [-0.2, 0) is 7.05 Å². The number of H-pyrrole nitrogens is 2.